The predicted octanol–water partition coefficient (Wildman–Crippen LogP) is 0.00520. The molecule has 5 heteroatoms. The standard InChI is InChI=1S/C15H17N3O2/c16-8-2-4-11-3-1-5-12(9-11)15(20)17-10-13-6-7-14(19)18-13/h1,3,5,9,13H,6-8,10,16H2,(H,17,20)(H,18,19). The van der Waals surface area contributed by atoms with Crippen LogP contribution in [0.4, 0.5) is 0 Å². The van der Waals surface area contributed by atoms with E-state index in [0.29, 0.717) is 18.5 Å². The van der Waals surface area contributed by atoms with Crippen molar-refractivity contribution in [2.45, 2.75) is 18.9 Å². The molecule has 0 bridgehead atoms. The third-order valence-electron chi connectivity index (χ3n) is 3.05. The van der Waals surface area contributed by atoms with Crippen LogP contribution < -0.4 is 16.4 Å². The van der Waals surface area contributed by atoms with Gasteiger partial charge < -0.3 is 16.4 Å². The summed E-state index contributed by atoms with van der Waals surface area (Å²) in [7, 11) is 0. The second kappa shape index (κ2) is 6.73. The number of nitrogens with one attached hydrogen (secondary N) is 2. The number of rotatable bonds is 3. The van der Waals surface area contributed by atoms with Crippen LogP contribution in [0.15, 0.2) is 24.3 Å². The van der Waals surface area contributed by atoms with Crippen molar-refractivity contribution in [3.05, 3.63) is 35.4 Å². The molecular formula is C15H17N3O2. The van der Waals surface area contributed by atoms with Gasteiger partial charge in [0.2, 0.25) is 5.91 Å². The number of hydrogen-bond donors (Lipinski definition) is 3. The molecule has 1 unspecified atom stereocenters. The van der Waals surface area contributed by atoms with Crippen molar-refractivity contribution in [3.63, 3.8) is 0 Å². The second-order valence-corrected chi connectivity index (χ2v) is 4.60. The third kappa shape index (κ3) is 3.84. The first-order valence-corrected chi connectivity index (χ1v) is 6.55. The maximum atomic E-state index is 12.0. The highest BCUT2D eigenvalue weighted by Gasteiger charge is 2.21. The van der Waals surface area contributed by atoms with Crippen LogP contribution in [0.3, 0.4) is 0 Å². The number of hydrogen-bond acceptors (Lipinski definition) is 3. The summed E-state index contributed by atoms with van der Waals surface area (Å²) >= 11 is 0. The molecule has 1 fully saturated rings. The van der Waals surface area contributed by atoms with Crippen LogP contribution in [0, 0.1) is 11.8 Å². The van der Waals surface area contributed by atoms with Crippen LogP contribution >= 0.6 is 0 Å². The van der Waals surface area contributed by atoms with Crippen LogP contribution in [0.25, 0.3) is 0 Å². The second-order valence-electron chi connectivity index (χ2n) is 4.60. The Labute approximate surface area is 117 Å². The minimum absolute atomic E-state index is 0.0339. The highest BCUT2D eigenvalue weighted by molar-refractivity contribution is 5.94. The van der Waals surface area contributed by atoms with E-state index >= 15 is 0 Å². The lowest BCUT2D eigenvalue weighted by Gasteiger charge is -2.11. The molecule has 2 rings (SSSR count). The van der Waals surface area contributed by atoms with E-state index in [1.165, 1.54) is 0 Å². The molecule has 1 aromatic rings. The first-order chi connectivity index (χ1) is 9.69. The maximum Gasteiger partial charge on any atom is 0.251 e. The molecule has 1 heterocycles. The molecule has 0 aromatic heterocycles. The van der Waals surface area contributed by atoms with E-state index in [1.807, 2.05) is 6.07 Å². The van der Waals surface area contributed by atoms with Crippen molar-refractivity contribution >= 4 is 11.8 Å². The van der Waals surface area contributed by atoms with Gasteiger partial charge in [0.1, 0.15) is 0 Å². The number of carbonyl (C=O) groups excluding carboxylic acids is 2. The summed E-state index contributed by atoms with van der Waals surface area (Å²) in [6.45, 7) is 0.737. The van der Waals surface area contributed by atoms with Gasteiger partial charge in [0, 0.05) is 30.1 Å². The Balaban J connectivity index is 1.93. The highest BCUT2D eigenvalue weighted by atomic mass is 16.2. The normalized spacial score (nSPS) is 17.1. The lowest BCUT2D eigenvalue weighted by Crippen LogP contribution is -2.38. The Kier molecular flexibility index (Phi) is 4.75. The molecule has 0 saturated carbocycles. The summed E-state index contributed by atoms with van der Waals surface area (Å²) in [4.78, 5) is 23.1. The Morgan fingerprint density at radius 2 is 2.35 bits per heavy atom. The summed E-state index contributed by atoms with van der Waals surface area (Å²) in [6, 6.07) is 7.11. The molecule has 1 aromatic carbocycles. The average Bonchev–Trinajstić information content (AvgIpc) is 2.88. The molecule has 0 spiro atoms. The SMILES string of the molecule is NCC#Cc1cccc(C(=O)NCC2CCC(=O)N2)c1. The van der Waals surface area contributed by atoms with Crippen molar-refractivity contribution in [1.82, 2.24) is 10.6 Å². The van der Waals surface area contributed by atoms with Crippen molar-refractivity contribution < 1.29 is 9.59 Å². The van der Waals surface area contributed by atoms with Crippen molar-refractivity contribution in [3.8, 4) is 11.8 Å². The molecule has 20 heavy (non-hydrogen) atoms. The smallest absolute Gasteiger partial charge is 0.251 e. The zero-order valence-corrected chi connectivity index (χ0v) is 11.1. The van der Waals surface area contributed by atoms with Crippen molar-refractivity contribution in [1.29, 1.82) is 0 Å². The third-order valence-corrected chi connectivity index (χ3v) is 3.05. The van der Waals surface area contributed by atoms with Gasteiger partial charge >= 0.3 is 0 Å². The van der Waals surface area contributed by atoms with E-state index in [9.17, 15) is 9.59 Å². The van der Waals surface area contributed by atoms with E-state index < -0.39 is 0 Å². The number of amides is 2. The summed E-state index contributed by atoms with van der Waals surface area (Å²) in [5, 5.41) is 5.63. The molecular weight excluding hydrogens is 254 g/mol. The summed E-state index contributed by atoms with van der Waals surface area (Å²) in [5.74, 6) is 5.52. The van der Waals surface area contributed by atoms with E-state index in [-0.39, 0.29) is 24.4 Å². The molecule has 1 aliphatic rings. The van der Waals surface area contributed by atoms with E-state index in [0.717, 1.165) is 12.0 Å². The van der Waals surface area contributed by atoms with Gasteiger partial charge in [-0.05, 0) is 24.6 Å². The van der Waals surface area contributed by atoms with Crippen LogP contribution in [-0.4, -0.2) is 30.9 Å². The lowest BCUT2D eigenvalue weighted by molar-refractivity contribution is -0.119. The first kappa shape index (κ1) is 14.1. The van der Waals surface area contributed by atoms with Gasteiger partial charge in [-0.25, -0.2) is 0 Å². The number of benzene rings is 1. The molecule has 1 saturated heterocycles. The van der Waals surface area contributed by atoms with Crippen molar-refractivity contribution in [2.24, 2.45) is 5.73 Å². The largest absolute Gasteiger partial charge is 0.352 e. The Morgan fingerprint density at radius 1 is 1.50 bits per heavy atom. The minimum atomic E-state index is -0.164. The van der Waals surface area contributed by atoms with Gasteiger partial charge in [-0.15, -0.1) is 0 Å². The maximum absolute atomic E-state index is 12.0. The molecule has 2 amide bonds. The summed E-state index contributed by atoms with van der Waals surface area (Å²) in [6.07, 6.45) is 1.30. The summed E-state index contributed by atoms with van der Waals surface area (Å²) < 4.78 is 0. The van der Waals surface area contributed by atoms with E-state index in [4.69, 9.17) is 5.73 Å². The van der Waals surface area contributed by atoms with Crippen LogP contribution in [0.2, 0.25) is 0 Å². The fourth-order valence-corrected chi connectivity index (χ4v) is 2.04. The number of nitrogens with two attached hydrogens (primary N) is 1. The van der Waals surface area contributed by atoms with Gasteiger partial charge in [-0.1, -0.05) is 17.9 Å². The molecule has 4 N–H and O–H groups in total. The molecule has 1 atom stereocenters. The van der Waals surface area contributed by atoms with Gasteiger partial charge in [-0.3, -0.25) is 9.59 Å². The van der Waals surface area contributed by atoms with Crippen LogP contribution in [-0.2, 0) is 4.79 Å². The zero-order chi connectivity index (χ0) is 14.4. The lowest BCUT2D eigenvalue weighted by atomic mass is 10.1. The molecule has 5 nitrogen and oxygen atoms in total. The topological polar surface area (TPSA) is 84.2 Å². The zero-order valence-electron chi connectivity index (χ0n) is 11.1. The van der Waals surface area contributed by atoms with Gasteiger partial charge in [-0.2, -0.15) is 0 Å². The Hall–Kier alpha value is -2.32. The first-order valence-electron chi connectivity index (χ1n) is 6.55. The quantitative estimate of drug-likeness (QED) is 0.677. The monoisotopic (exact) mass is 271 g/mol. The van der Waals surface area contributed by atoms with Gasteiger partial charge in [0.15, 0.2) is 0 Å². The molecule has 1 aliphatic heterocycles. The fourth-order valence-electron chi connectivity index (χ4n) is 2.04. The average molecular weight is 271 g/mol. The van der Waals surface area contributed by atoms with Crippen molar-refractivity contribution in [2.75, 3.05) is 13.1 Å². The highest BCUT2D eigenvalue weighted by Crippen LogP contribution is 2.07. The molecule has 0 aliphatic carbocycles. The van der Waals surface area contributed by atoms with E-state index in [2.05, 4.69) is 22.5 Å². The number of carbonyl (C=O) groups is 2. The molecule has 104 valence electrons. The summed E-state index contributed by atoms with van der Waals surface area (Å²) in [5.41, 5.74) is 6.63. The Morgan fingerprint density at radius 3 is 3.05 bits per heavy atom. The van der Waals surface area contributed by atoms with Crippen LogP contribution in [0.5, 0.6) is 0 Å². The molecule has 0 radical (unpaired) electrons. The van der Waals surface area contributed by atoms with Gasteiger partial charge in [0.25, 0.3) is 5.91 Å². The fraction of sp³-hybridized carbons (Fsp3) is 0.333. The minimum Gasteiger partial charge on any atom is -0.352 e. The van der Waals surface area contributed by atoms with Gasteiger partial charge in [0.05, 0.1) is 6.54 Å². The van der Waals surface area contributed by atoms with E-state index in [1.54, 1.807) is 18.2 Å². The Bertz CT molecular complexity index is 572. The predicted molar refractivity (Wildman–Crippen MR) is 75.9 cm³/mol. The van der Waals surface area contributed by atoms with Crippen LogP contribution in [0.1, 0.15) is 28.8 Å².